The summed E-state index contributed by atoms with van der Waals surface area (Å²) < 4.78 is 12.8. The maximum Gasteiger partial charge on any atom is 0.251 e. The number of hydrogen-bond donors (Lipinski definition) is 2. The van der Waals surface area contributed by atoms with Crippen molar-refractivity contribution in [1.29, 1.82) is 0 Å². The van der Waals surface area contributed by atoms with E-state index in [0.717, 1.165) is 11.1 Å². The molecule has 0 aliphatic carbocycles. The van der Waals surface area contributed by atoms with Crippen LogP contribution in [0.15, 0.2) is 48.5 Å². The van der Waals surface area contributed by atoms with Crippen molar-refractivity contribution in [3.63, 3.8) is 0 Å². The molecule has 2 N–H and O–H groups in total. The van der Waals surface area contributed by atoms with Crippen molar-refractivity contribution in [2.45, 2.75) is 19.9 Å². The van der Waals surface area contributed by atoms with E-state index in [1.165, 1.54) is 12.1 Å². The standard InChI is InChI=1S/C18H19FN2O2/c1-13-4-2-3-5-16(13)18(23)20-11-10-17(22)21-12-14-6-8-15(19)9-7-14/h2-9H,10-12H2,1H3,(H,20,23)(H,21,22). The van der Waals surface area contributed by atoms with Gasteiger partial charge in [-0.15, -0.1) is 0 Å². The van der Waals surface area contributed by atoms with Gasteiger partial charge in [0.2, 0.25) is 5.91 Å². The number of hydrogen-bond acceptors (Lipinski definition) is 2. The third-order valence-electron chi connectivity index (χ3n) is 3.43. The summed E-state index contributed by atoms with van der Waals surface area (Å²) in [6.45, 7) is 2.47. The number of halogens is 1. The summed E-state index contributed by atoms with van der Waals surface area (Å²) in [6.07, 6.45) is 0.193. The van der Waals surface area contributed by atoms with E-state index in [9.17, 15) is 14.0 Å². The predicted octanol–water partition coefficient (Wildman–Crippen LogP) is 2.57. The Morgan fingerprint density at radius 2 is 1.70 bits per heavy atom. The van der Waals surface area contributed by atoms with E-state index in [1.54, 1.807) is 24.3 Å². The van der Waals surface area contributed by atoms with Gasteiger partial charge in [0.05, 0.1) is 0 Å². The average Bonchev–Trinajstić information content (AvgIpc) is 2.54. The highest BCUT2D eigenvalue weighted by molar-refractivity contribution is 5.95. The molecule has 4 nitrogen and oxygen atoms in total. The Bertz CT molecular complexity index is 684. The maximum absolute atomic E-state index is 12.8. The number of carbonyl (C=O) groups is 2. The minimum Gasteiger partial charge on any atom is -0.352 e. The Balaban J connectivity index is 1.71. The van der Waals surface area contributed by atoms with E-state index in [-0.39, 0.29) is 30.6 Å². The quantitative estimate of drug-likeness (QED) is 0.861. The van der Waals surface area contributed by atoms with E-state index in [0.29, 0.717) is 12.1 Å². The predicted molar refractivity (Wildman–Crippen MR) is 86.4 cm³/mol. The molecule has 0 atom stereocenters. The highest BCUT2D eigenvalue weighted by Crippen LogP contribution is 2.06. The molecule has 2 amide bonds. The van der Waals surface area contributed by atoms with Crippen molar-refractivity contribution in [1.82, 2.24) is 10.6 Å². The second kappa shape index (κ2) is 8.08. The molecular weight excluding hydrogens is 295 g/mol. The highest BCUT2D eigenvalue weighted by atomic mass is 19.1. The Morgan fingerprint density at radius 3 is 2.39 bits per heavy atom. The van der Waals surface area contributed by atoms with Crippen LogP contribution >= 0.6 is 0 Å². The van der Waals surface area contributed by atoms with Crippen LogP contribution in [0.25, 0.3) is 0 Å². The molecule has 0 bridgehead atoms. The van der Waals surface area contributed by atoms with Crippen LogP contribution in [0.2, 0.25) is 0 Å². The van der Waals surface area contributed by atoms with Gasteiger partial charge in [0.15, 0.2) is 0 Å². The highest BCUT2D eigenvalue weighted by Gasteiger charge is 2.08. The lowest BCUT2D eigenvalue weighted by Gasteiger charge is -2.08. The third kappa shape index (κ3) is 5.21. The molecule has 0 heterocycles. The van der Waals surface area contributed by atoms with Crippen LogP contribution in [0.1, 0.15) is 27.9 Å². The van der Waals surface area contributed by atoms with E-state index in [4.69, 9.17) is 0 Å². The minimum absolute atomic E-state index is 0.167. The topological polar surface area (TPSA) is 58.2 Å². The first kappa shape index (κ1) is 16.7. The molecule has 0 aromatic heterocycles. The largest absolute Gasteiger partial charge is 0.352 e. The number of nitrogens with one attached hydrogen (secondary N) is 2. The second-order valence-corrected chi connectivity index (χ2v) is 5.22. The summed E-state index contributed by atoms with van der Waals surface area (Å²) in [5.41, 5.74) is 2.33. The number of rotatable bonds is 6. The zero-order valence-corrected chi connectivity index (χ0v) is 12.9. The lowest BCUT2D eigenvalue weighted by molar-refractivity contribution is -0.121. The zero-order valence-electron chi connectivity index (χ0n) is 12.9. The first-order valence-corrected chi connectivity index (χ1v) is 7.41. The van der Waals surface area contributed by atoms with E-state index >= 15 is 0 Å². The van der Waals surface area contributed by atoms with Gasteiger partial charge in [-0.25, -0.2) is 4.39 Å². The van der Waals surface area contributed by atoms with E-state index in [2.05, 4.69) is 10.6 Å². The van der Waals surface area contributed by atoms with Crippen LogP contribution < -0.4 is 10.6 Å². The molecule has 0 aliphatic rings. The van der Waals surface area contributed by atoms with Gasteiger partial charge in [0, 0.05) is 25.1 Å². The van der Waals surface area contributed by atoms with Crippen molar-refractivity contribution in [3.8, 4) is 0 Å². The minimum atomic E-state index is -0.306. The molecule has 0 unspecified atom stereocenters. The Kier molecular flexibility index (Phi) is 5.86. The molecule has 120 valence electrons. The van der Waals surface area contributed by atoms with Gasteiger partial charge >= 0.3 is 0 Å². The third-order valence-corrected chi connectivity index (χ3v) is 3.43. The van der Waals surface area contributed by atoms with Crippen LogP contribution in [0.4, 0.5) is 4.39 Å². The van der Waals surface area contributed by atoms with Crippen molar-refractivity contribution < 1.29 is 14.0 Å². The van der Waals surface area contributed by atoms with E-state index in [1.807, 2.05) is 19.1 Å². The normalized spacial score (nSPS) is 10.2. The summed E-state index contributed by atoms with van der Waals surface area (Å²) in [4.78, 5) is 23.7. The monoisotopic (exact) mass is 314 g/mol. The van der Waals surface area contributed by atoms with Crippen molar-refractivity contribution in [2.75, 3.05) is 6.54 Å². The number of aryl methyl sites for hydroxylation is 1. The van der Waals surface area contributed by atoms with Gasteiger partial charge in [0.25, 0.3) is 5.91 Å². The van der Waals surface area contributed by atoms with Crippen molar-refractivity contribution >= 4 is 11.8 Å². The molecule has 5 heteroatoms. The summed E-state index contributed by atoms with van der Waals surface area (Å²) in [7, 11) is 0. The first-order valence-electron chi connectivity index (χ1n) is 7.41. The summed E-state index contributed by atoms with van der Waals surface area (Å²) in [5.74, 6) is -0.659. The van der Waals surface area contributed by atoms with Crippen LogP contribution in [0.3, 0.4) is 0 Å². The van der Waals surface area contributed by atoms with Crippen molar-refractivity contribution in [2.24, 2.45) is 0 Å². The molecular formula is C18H19FN2O2. The molecule has 0 aliphatic heterocycles. The van der Waals surface area contributed by atoms with Crippen LogP contribution in [0.5, 0.6) is 0 Å². The molecule has 2 aromatic carbocycles. The fourth-order valence-corrected chi connectivity index (χ4v) is 2.10. The van der Waals surface area contributed by atoms with Gasteiger partial charge in [-0.1, -0.05) is 30.3 Å². The molecule has 0 saturated heterocycles. The molecule has 2 rings (SSSR count). The Labute approximate surface area is 134 Å². The van der Waals surface area contributed by atoms with Crippen LogP contribution in [-0.2, 0) is 11.3 Å². The molecule has 0 radical (unpaired) electrons. The smallest absolute Gasteiger partial charge is 0.251 e. The molecule has 2 aromatic rings. The summed E-state index contributed by atoms with van der Waals surface area (Å²) in [5, 5.41) is 5.46. The Hall–Kier alpha value is -2.69. The lowest BCUT2D eigenvalue weighted by atomic mass is 10.1. The van der Waals surface area contributed by atoms with Gasteiger partial charge in [-0.05, 0) is 36.2 Å². The van der Waals surface area contributed by atoms with Gasteiger partial charge in [-0.2, -0.15) is 0 Å². The number of benzene rings is 2. The SMILES string of the molecule is Cc1ccccc1C(=O)NCCC(=O)NCc1ccc(F)cc1. The van der Waals surface area contributed by atoms with Crippen LogP contribution in [0, 0.1) is 12.7 Å². The fourth-order valence-electron chi connectivity index (χ4n) is 2.10. The van der Waals surface area contributed by atoms with Gasteiger partial charge < -0.3 is 10.6 Å². The summed E-state index contributed by atoms with van der Waals surface area (Å²) in [6, 6.07) is 13.2. The average molecular weight is 314 g/mol. The number of amides is 2. The fraction of sp³-hybridized carbons (Fsp3) is 0.222. The van der Waals surface area contributed by atoms with Crippen molar-refractivity contribution in [3.05, 3.63) is 71.0 Å². The van der Waals surface area contributed by atoms with Crippen LogP contribution in [-0.4, -0.2) is 18.4 Å². The molecule has 23 heavy (non-hydrogen) atoms. The van der Waals surface area contributed by atoms with E-state index < -0.39 is 0 Å². The Morgan fingerprint density at radius 1 is 1.00 bits per heavy atom. The first-order chi connectivity index (χ1) is 11.1. The second-order valence-electron chi connectivity index (χ2n) is 5.22. The summed E-state index contributed by atoms with van der Waals surface area (Å²) >= 11 is 0. The van der Waals surface area contributed by atoms with Gasteiger partial charge in [0.1, 0.15) is 5.82 Å². The molecule has 0 fully saturated rings. The zero-order chi connectivity index (χ0) is 16.7. The van der Waals surface area contributed by atoms with Gasteiger partial charge in [-0.3, -0.25) is 9.59 Å². The molecule has 0 saturated carbocycles. The lowest BCUT2D eigenvalue weighted by Crippen LogP contribution is -2.30. The maximum atomic E-state index is 12.8. The molecule has 0 spiro atoms. The number of carbonyl (C=O) groups excluding carboxylic acids is 2.